The summed E-state index contributed by atoms with van der Waals surface area (Å²) in [5, 5.41) is 1.01. The highest BCUT2D eigenvalue weighted by Gasteiger charge is 2.17. The number of aromatic nitrogens is 1. The highest BCUT2D eigenvalue weighted by Crippen LogP contribution is 2.20. The number of carbonyl (C=O) groups excluding carboxylic acids is 1. The Morgan fingerprint density at radius 2 is 1.57 bits per heavy atom. The van der Waals surface area contributed by atoms with Crippen molar-refractivity contribution in [3.8, 4) is 5.69 Å². The second kappa shape index (κ2) is 8.24. The molecule has 1 aromatic heterocycles. The van der Waals surface area contributed by atoms with E-state index in [0.29, 0.717) is 5.56 Å². The molecular weight excluding hydrogens is 374 g/mol. The number of amides is 1. The van der Waals surface area contributed by atoms with Gasteiger partial charge in [0.15, 0.2) is 0 Å². The van der Waals surface area contributed by atoms with E-state index < -0.39 is 15.9 Å². The highest BCUT2D eigenvalue weighted by molar-refractivity contribution is 7.92. The van der Waals surface area contributed by atoms with Crippen molar-refractivity contribution in [1.29, 1.82) is 0 Å². The molecule has 6 nitrogen and oxygen atoms in total. The van der Waals surface area contributed by atoms with Crippen LogP contribution >= 0.6 is 0 Å². The standard InChI is InChI=1S/C21H21N3O3S/c1-16-15-20(17(2)24(16)19-11-7-4-8-12-19)21(25)22-23-28(26,27)14-13-18-9-5-3-6-10-18/h3-15,23H,1-2H3,(H,22,25)/b14-13+. The van der Waals surface area contributed by atoms with Gasteiger partial charge in [-0.25, -0.2) is 8.42 Å². The van der Waals surface area contributed by atoms with Crippen molar-refractivity contribution in [3.63, 3.8) is 0 Å². The van der Waals surface area contributed by atoms with Crippen LogP contribution in [-0.2, 0) is 10.0 Å². The number of aryl methyl sites for hydroxylation is 1. The van der Waals surface area contributed by atoms with E-state index in [1.165, 1.54) is 6.08 Å². The Morgan fingerprint density at radius 1 is 0.964 bits per heavy atom. The van der Waals surface area contributed by atoms with Gasteiger partial charge in [0.25, 0.3) is 15.9 Å². The lowest BCUT2D eigenvalue weighted by Gasteiger charge is -2.10. The molecule has 0 unspecified atom stereocenters. The summed E-state index contributed by atoms with van der Waals surface area (Å²) in [7, 11) is -3.82. The maximum absolute atomic E-state index is 12.5. The fourth-order valence-electron chi connectivity index (χ4n) is 2.92. The van der Waals surface area contributed by atoms with Crippen LogP contribution in [0.5, 0.6) is 0 Å². The molecule has 7 heteroatoms. The van der Waals surface area contributed by atoms with Crippen LogP contribution in [0.25, 0.3) is 11.8 Å². The molecule has 0 radical (unpaired) electrons. The molecule has 2 N–H and O–H groups in total. The first kappa shape index (κ1) is 19.6. The summed E-state index contributed by atoms with van der Waals surface area (Å²) in [5.41, 5.74) is 5.94. The fraction of sp³-hybridized carbons (Fsp3) is 0.0952. The molecule has 3 rings (SSSR count). The largest absolute Gasteiger partial charge is 0.318 e. The van der Waals surface area contributed by atoms with Gasteiger partial charge in [-0.15, -0.1) is 4.83 Å². The second-order valence-corrected chi connectivity index (χ2v) is 7.84. The number of hydrogen-bond donors (Lipinski definition) is 2. The minimum atomic E-state index is -3.82. The molecule has 28 heavy (non-hydrogen) atoms. The molecule has 3 aromatic rings. The van der Waals surface area contributed by atoms with E-state index >= 15 is 0 Å². The van der Waals surface area contributed by atoms with Gasteiger partial charge in [-0.05, 0) is 43.7 Å². The van der Waals surface area contributed by atoms with E-state index in [1.54, 1.807) is 18.2 Å². The van der Waals surface area contributed by atoms with Gasteiger partial charge in [0, 0.05) is 22.5 Å². The first-order chi connectivity index (χ1) is 13.4. The Bertz CT molecular complexity index is 1100. The monoisotopic (exact) mass is 395 g/mol. The fourth-order valence-corrected chi connectivity index (χ4v) is 3.56. The van der Waals surface area contributed by atoms with Crippen LogP contribution in [0.2, 0.25) is 0 Å². The van der Waals surface area contributed by atoms with Gasteiger partial charge in [-0.3, -0.25) is 10.2 Å². The zero-order valence-electron chi connectivity index (χ0n) is 15.6. The van der Waals surface area contributed by atoms with Crippen LogP contribution in [-0.4, -0.2) is 18.9 Å². The molecule has 0 aliphatic carbocycles. The number of sulfonamides is 1. The first-order valence-corrected chi connectivity index (χ1v) is 10.2. The third kappa shape index (κ3) is 4.57. The van der Waals surface area contributed by atoms with Crippen molar-refractivity contribution in [2.45, 2.75) is 13.8 Å². The average Bonchev–Trinajstić information content (AvgIpc) is 3.00. The van der Waals surface area contributed by atoms with Crippen molar-refractivity contribution < 1.29 is 13.2 Å². The van der Waals surface area contributed by atoms with Crippen LogP contribution in [0.4, 0.5) is 0 Å². The Morgan fingerprint density at radius 3 is 2.21 bits per heavy atom. The van der Waals surface area contributed by atoms with Crippen LogP contribution in [0.15, 0.2) is 72.1 Å². The molecule has 0 bridgehead atoms. The summed E-state index contributed by atoms with van der Waals surface area (Å²) < 4.78 is 26.1. The van der Waals surface area contributed by atoms with Gasteiger partial charge in [0.1, 0.15) is 0 Å². The van der Waals surface area contributed by atoms with Gasteiger partial charge < -0.3 is 4.57 Å². The Hall–Kier alpha value is -3.16. The van der Waals surface area contributed by atoms with Gasteiger partial charge in [0.05, 0.1) is 5.56 Å². The van der Waals surface area contributed by atoms with Gasteiger partial charge in [0.2, 0.25) is 0 Å². The van der Waals surface area contributed by atoms with Crippen LogP contribution < -0.4 is 10.3 Å². The molecule has 1 heterocycles. The molecule has 0 atom stereocenters. The van der Waals surface area contributed by atoms with E-state index in [4.69, 9.17) is 0 Å². The maximum Gasteiger partial charge on any atom is 0.268 e. The Labute approximate surface area is 164 Å². The second-order valence-electron chi connectivity index (χ2n) is 6.27. The third-order valence-corrected chi connectivity index (χ3v) is 5.12. The lowest BCUT2D eigenvalue weighted by molar-refractivity contribution is 0.0944. The maximum atomic E-state index is 12.5. The smallest absolute Gasteiger partial charge is 0.268 e. The number of para-hydroxylation sites is 1. The van der Waals surface area contributed by atoms with Crippen molar-refractivity contribution in [2.24, 2.45) is 0 Å². The zero-order chi connectivity index (χ0) is 20.1. The van der Waals surface area contributed by atoms with E-state index in [0.717, 1.165) is 28.0 Å². The summed E-state index contributed by atoms with van der Waals surface area (Å²) in [6.07, 6.45) is 1.45. The van der Waals surface area contributed by atoms with E-state index in [1.807, 2.05) is 66.9 Å². The highest BCUT2D eigenvalue weighted by atomic mass is 32.2. The molecule has 0 saturated heterocycles. The number of rotatable bonds is 6. The normalized spacial score (nSPS) is 11.6. The zero-order valence-corrected chi connectivity index (χ0v) is 16.4. The Kier molecular flexibility index (Phi) is 5.77. The molecule has 0 aliphatic heterocycles. The van der Waals surface area contributed by atoms with Crippen molar-refractivity contribution in [3.05, 3.63) is 94.7 Å². The quantitative estimate of drug-likeness (QED) is 0.628. The van der Waals surface area contributed by atoms with E-state index in [2.05, 4.69) is 10.3 Å². The molecule has 0 aliphatic rings. The number of hydrogen-bond acceptors (Lipinski definition) is 3. The molecule has 0 spiro atoms. The molecule has 0 saturated carbocycles. The predicted octanol–water partition coefficient (Wildman–Crippen LogP) is 3.33. The predicted molar refractivity (Wildman–Crippen MR) is 110 cm³/mol. The lowest BCUT2D eigenvalue weighted by atomic mass is 10.2. The summed E-state index contributed by atoms with van der Waals surface area (Å²) >= 11 is 0. The van der Waals surface area contributed by atoms with Crippen molar-refractivity contribution in [1.82, 2.24) is 14.8 Å². The average molecular weight is 395 g/mol. The molecule has 2 aromatic carbocycles. The van der Waals surface area contributed by atoms with Crippen LogP contribution in [0.1, 0.15) is 27.3 Å². The van der Waals surface area contributed by atoms with Crippen molar-refractivity contribution in [2.75, 3.05) is 0 Å². The molecule has 144 valence electrons. The minimum Gasteiger partial charge on any atom is -0.318 e. The van der Waals surface area contributed by atoms with Gasteiger partial charge >= 0.3 is 0 Å². The number of carbonyl (C=O) groups is 1. The van der Waals surface area contributed by atoms with Crippen LogP contribution in [0, 0.1) is 13.8 Å². The van der Waals surface area contributed by atoms with E-state index in [-0.39, 0.29) is 0 Å². The van der Waals surface area contributed by atoms with Gasteiger partial charge in [-0.2, -0.15) is 0 Å². The number of nitrogens with zero attached hydrogens (tertiary/aromatic N) is 1. The lowest BCUT2D eigenvalue weighted by Crippen LogP contribution is -2.40. The summed E-state index contributed by atoms with van der Waals surface area (Å²) in [4.78, 5) is 14.6. The third-order valence-electron chi connectivity index (χ3n) is 4.24. The number of benzene rings is 2. The topological polar surface area (TPSA) is 80.2 Å². The van der Waals surface area contributed by atoms with Crippen molar-refractivity contribution >= 4 is 22.0 Å². The molecule has 0 fully saturated rings. The van der Waals surface area contributed by atoms with Gasteiger partial charge in [-0.1, -0.05) is 48.5 Å². The number of nitrogens with one attached hydrogen (secondary N) is 2. The molecular formula is C21H21N3O3S. The SMILES string of the molecule is Cc1cc(C(=O)NNS(=O)(=O)/C=C/c2ccccc2)c(C)n1-c1ccccc1. The van der Waals surface area contributed by atoms with E-state index in [9.17, 15) is 13.2 Å². The summed E-state index contributed by atoms with van der Waals surface area (Å²) in [6, 6.07) is 20.4. The number of hydrazine groups is 1. The minimum absolute atomic E-state index is 0.399. The van der Waals surface area contributed by atoms with Crippen LogP contribution in [0.3, 0.4) is 0 Å². The first-order valence-electron chi connectivity index (χ1n) is 8.67. The Balaban J connectivity index is 1.73. The summed E-state index contributed by atoms with van der Waals surface area (Å²) in [6.45, 7) is 3.71. The molecule has 1 amide bonds. The summed E-state index contributed by atoms with van der Waals surface area (Å²) in [5.74, 6) is -0.521.